The van der Waals surface area contributed by atoms with Gasteiger partial charge in [0, 0.05) is 6.92 Å². The van der Waals surface area contributed by atoms with Gasteiger partial charge in [0.1, 0.15) is 30.3 Å². The molecule has 2 aromatic rings. The number of aromatic nitrogens is 3. The van der Waals surface area contributed by atoms with Crippen LogP contribution in [-0.2, 0) is 14.4 Å². The third-order valence-corrected chi connectivity index (χ3v) is 4.03. The standard InChI is InChI=1S/C17H19FN6O4/c1-10(21-27-3)15-9-24(22-20-15)16-5-4-12(6-14(16)18)23-8-13(28-17(23)26)7-19-11(2)25/h4-6,9,13H,7-8H2,1-3H3,(H,19,25)/t13-/m0/s1. The van der Waals surface area contributed by atoms with Crippen LogP contribution in [0.5, 0.6) is 0 Å². The van der Waals surface area contributed by atoms with Crippen LogP contribution in [0.1, 0.15) is 19.5 Å². The lowest BCUT2D eigenvalue weighted by Gasteiger charge is -2.14. The van der Waals surface area contributed by atoms with Crippen LogP contribution >= 0.6 is 0 Å². The van der Waals surface area contributed by atoms with E-state index < -0.39 is 18.0 Å². The Kier molecular flexibility index (Phi) is 5.52. The monoisotopic (exact) mass is 390 g/mol. The fourth-order valence-electron chi connectivity index (χ4n) is 2.68. The molecule has 0 saturated carbocycles. The van der Waals surface area contributed by atoms with Gasteiger partial charge in [0.15, 0.2) is 5.82 Å². The molecule has 2 heterocycles. The Morgan fingerprint density at radius 1 is 1.46 bits per heavy atom. The van der Waals surface area contributed by atoms with Crippen LogP contribution < -0.4 is 10.2 Å². The molecular weight excluding hydrogens is 371 g/mol. The van der Waals surface area contributed by atoms with Crippen molar-refractivity contribution in [2.75, 3.05) is 25.1 Å². The Morgan fingerprint density at radius 2 is 2.25 bits per heavy atom. The Hall–Kier alpha value is -3.50. The summed E-state index contributed by atoms with van der Waals surface area (Å²) in [6.07, 6.45) is 0.417. The summed E-state index contributed by atoms with van der Waals surface area (Å²) >= 11 is 0. The smallest absolute Gasteiger partial charge is 0.414 e. The van der Waals surface area contributed by atoms with Crippen LogP contribution in [0, 0.1) is 5.82 Å². The number of cyclic esters (lactones) is 1. The van der Waals surface area contributed by atoms with Crippen molar-refractivity contribution in [2.24, 2.45) is 5.16 Å². The van der Waals surface area contributed by atoms with Gasteiger partial charge in [0.05, 0.1) is 25.0 Å². The molecule has 10 nitrogen and oxygen atoms in total. The van der Waals surface area contributed by atoms with Gasteiger partial charge >= 0.3 is 6.09 Å². The van der Waals surface area contributed by atoms with Gasteiger partial charge in [-0.25, -0.2) is 13.9 Å². The van der Waals surface area contributed by atoms with Crippen LogP contribution in [0.15, 0.2) is 29.6 Å². The minimum atomic E-state index is -0.600. The number of halogens is 1. The minimum Gasteiger partial charge on any atom is -0.442 e. The summed E-state index contributed by atoms with van der Waals surface area (Å²) in [4.78, 5) is 29.0. The summed E-state index contributed by atoms with van der Waals surface area (Å²) in [7, 11) is 1.41. The minimum absolute atomic E-state index is 0.162. The van der Waals surface area contributed by atoms with Crippen molar-refractivity contribution in [3.63, 3.8) is 0 Å². The first-order valence-electron chi connectivity index (χ1n) is 8.42. The van der Waals surface area contributed by atoms with E-state index in [0.717, 1.165) is 0 Å². The van der Waals surface area contributed by atoms with Gasteiger partial charge in [-0.05, 0) is 25.1 Å². The molecule has 3 rings (SSSR count). The van der Waals surface area contributed by atoms with Crippen LogP contribution in [0.3, 0.4) is 0 Å². The number of anilines is 1. The molecule has 0 spiro atoms. The lowest BCUT2D eigenvalue weighted by Crippen LogP contribution is -2.33. The van der Waals surface area contributed by atoms with Crippen molar-refractivity contribution in [1.82, 2.24) is 20.3 Å². The van der Waals surface area contributed by atoms with Crippen LogP contribution in [0.2, 0.25) is 0 Å². The maximum atomic E-state index is 14.6. The van der Waals surface area contributed by atoms with Gasteiger partial charge in [-0.3, -0.25) is 9.69 Å². The number of nitrogens with zero attached hydrogens (tertiary/aromatic N) is 5. The number of nitrogens with one attached hydrogen (secondary N) is 1. The van der Waals surface area contributed by atoms with Crippen molar-refractivity contribution >= 4 is 23.4 Å². The molecule has 11 heteroatoms. The van der Waals surface area contributed by atoms with E-state index in [1.54, 1.807) is 13.0 Å². The van der Waals surface area contributed by atoms with Gasteiger partial charge in [0.2, 0.25) is 5.91 Å². The molecule has 1 saturated heterocycles. The maximum absolute atomic E-state index is 14.6. The molecule has 1 aromatic carbocycles. The first kappa shape index (κ1) is 19.3. The second kappa shape index (κ2) is 8.03. The molecule has 28 heavy (non-hydrogen) atoms. The number of ether oxygens (including phenoxy) is 1. The highest BCUT2D eigenvalue weighted by molar-refractivity contribution is 5.96. The molecule has 0 aliphatic carbocycles. The van der Waals surface area contributed by atoms with Gasteiger partial charge in [-0.1, -0.05) is 10.4 Å². The topological polar surface area (TPSA) is 111 Å². The highest BCUT2D eigenvalue weighted by Gasteiger charge is 2.32. The molecule has 1 aliphatic rings. The van der Waals surface area contributed by atoms with Crippen LogP contribution in [0.4, 0.5) is 14.9 Å². The third-order valence-electron chi connectivity index (χ3n) is 4.03. The average molecular weight is 390 g/mol. The fraction of sp³-hybridized carbons (Fsp3) is 0.353. The molecule has 2 amide bonds. The van der Waals surface area contributed by atoms with Crippen molar-refractivity contribution in [1.29, 1.82) is 0 Å². The lowest BCUT2D eigenvalue weighted by molar-refractivity contribution is -0.119. The van der Waals surface area contributed by atoms with Crippen LogP contribution in [0.25, 0.3) is 5.69 Å². The van der Waals surface area contributed by atoms with Crippen molar-refractivity contribution in [2.45, 2.75) is 20.0 Å². The quantitative estimate of drug-likeness (QED) is 0.587. The molecule has 1 aliphatic heterocycles. The number of rotatable bonds is 6. The predicted molar refractivity (Wildman–Crippen MR) is 96.8 cm³/mol. The van der Waals surface area contributed by atoms with E-state index in [1.807, 2.05) is 0 Å². The second-order valence-electron chi connectivity index (χ2n) is 6.10. The van der Waals surface area contributed by atoms with E-state index in [4.69, 9.17) is 4.74 Å². The number of carbonyl (C=O) groups is 2. The zero-order valence-corrected chi connectivity index (χ0v) is 15.5. The van der Waals surface area contributed by atoms with Gasteiger partial charge in [0.25, 0.3) is 0 Å². The summed E-state index contributed by atoms with van der Waals surface area (Å²) in [5.74, 6) is -0.809. The zero-order chi connectivity index (χ0) is 20.3. The number of hydrogen-bond acceptors (Lipinski definition) is 7. The van der Waals surface area contributed by atoms with Gasteiger partial charge < -0.3 is 14.9 Å². The average Bonchev–Trinajstić information content (AvgIpc) is 3.27. The summed E-state index contributed by atoms with van der Waals surface area (Å²) in [5.41, 5.74) is 1.44. The predicted octanol–water partition coefficient (Wildman–Crippen LogP) is 1.24. The van der Waals surface area contributed by atoms with Crippen molar-refractivity contribution in [3.05, 3.63) is 35.9 Å². The molecule has 1 fully saturated rings. The van der Waals surface area contributed by atoms with Crippen LogP contribution in [-0.4, -0.2) is 59.0 Å². The lowest BCUT2D eigenvalue weighted by atomic mass is 10.2. The van der Waals surface area contributed by atoms with Crippen molar-refractivity contribution in [3.8, 4) is 5.69 Å². The summed E-state index contributed by atoms with van der Waals surface area (Å²) in [6.45, 7) is 3.47. The number of amides is 2. The maximum Gasteiger partial charge on any atom is 0.414 e. The van der Waals surface area contributed by atoms with E-state index in [0.29, 0.717) is 17.1 Å². The second-order valence-corrected chi connectivity index (χ2v) is 6.10. The first-order valence-corrected chi connectivity index (χ1v) is 8.42. The number of hydrogen-bond donors (Lipinski definition) is 1. The zero-order valence-electron chi connectivity index (χ0n) is 15.5. The van der Waals surface area contributed by atoms with Gasteiger partial charge in [-0.2, -0.15) is 0 Å². The molecule has 1 atom stereocenters. The molecular formula is C17H19FN6O4. The largest absolute Gasteiger partial charge is 0.442 e. The Morgan fingerprint density at radius 3 is 2.93 bits per heavy atom. The highest BCUT2D eigenvalue weighted by Crippen LogP contribution is 2.25. The van der Waals surface area contributed by atoms with E-state index in [1.165, 1.54) is 41.9 Å². The molecule has 1 aromatic heterocycles. The molecule has 0 radical (unpaired) electrons. The molecule has 0 bridgehead atoms. The molecule has 1 N–H and O–H groups in total. The number of carbonyl (C=O) groups excluding carboxylic acids is 2. The van der Waals surface area contributed by atoms with Crippen molar-refractivity contribution < 1.29 is 23.6 Å². The molecule has 148 valence electrons. The summed E-state index contributed by atoms with van der Waals surface area (Å²) in [6, 6.07) is 4.28. The Bertz CT molecular complexity index is 928. The summed E-state index contributed by atoms with van der Waals surface area (Å²) in [5, 5.41) is 14.2. The summed E-state index contributed by atoms with van der Waals surface area (Å²) < 4.78 is 21.1. The van der Waals surface area contributed by atoms with E-state index in [-0.39, 0.29) is 24.7 Å². The Labute approximate surface area is 159 Å². The fourth-order valence-corrected chi connectivity index (χ4v) is 2.68. The molecule has 0 unspecified atom stereocenters. The highest BCUT2D eigenvalue weighted by atomic mass is 19.1. The number of benzene rings is 1. The third kappa shape index (κ3) is 4.08. The first-order chi connectivity index (χ1) is 13.4. The van der Waals surface area contributed by atoms with Gasteiger partial charge in [-0.15, -0.1) is 5.10 Å². The number of oxime groups is 1. The Balaban J connectivity index is 1.77. The van der Waals surface area contributed by atoms with E-state index in [9.17, 15) is 14.0 Å². The van der Waals surface area contributed by atoms with E-state index >= 15 is 0 Å². The SMILES string of the molecule is CON=C(C)c1cn(-c2ccc(N3C[C@H](CNC(C)=O)OC3=O)cc2F)nn1. The van der Waals surface area contributed by atoms with E-state index in [2.05, 4.69) is 25.6 Å². The normalized spacial score (nSPS) is 16.9.